The molecular formula is C17H12BrNO2. The number of nitrogens with one attached hydrogen (secondary N) is 1. The monoisotopic (exact) mass is 341 g/mol. The molecule has 0 aliphatic carbocycles. The number of hydrogen-bond acceptors (Lipinski definition) is 2. The zero-order valence-corrected chi connectivity index (χ0v) is 12.7. The molecule has 4 rings (SSSR count). The van der Waals surface area contributed by atoms with Crippen molar-refractivity contribution in [2.75, 3.05) is 0 Å². The lowest BCUT2D eigenvalue weighted by atomic mass is 10.0. The van der Waals surface area contributed by atoms with E-state index in [9.17, 15) is 4.79 Å². The molecule has 0 spiro atoms. The first kappa shape index (κ1) is 12.7. The lowest BCUT2D eigenvalue weighted by Crippen LogP contribution is -2.25. The normalized spacial score (nSPS) is 16.7. The molecule has 0 bridgehead atoms. The van der Waals surface area contributed by atoms with Crippen LogP contribution in [0.2, 0.25) is 0 Å². The van der Waals surface area contributed by atoms with Gasteiger partial charge in [0.15, 0.2) is 6.10 Å². The second-order valence-electron chi connectivity index (χ2n) is 5.15. The van der Waals surface area contributed by atoms with Gasteiger partial charge < -0.3 is 9.72 Å². The quantitative estimate of drug-likeness (QED) is 0.712. The fourth-order valence-corrected chi connectivity index (χ4v) is 3.42. The summed E-state index contributed by atoms with van der Waals surface area (Å²) in [5, 5.41) is 0.919. The number of ether oxygens (including phenoxy) is 1. The molecule has 0 saturated heterocycles. The number of Topliss-reactive ketones (excluding diaryl/α,β-unsaturated/α-hetero) is 1. The molecule has 2 aromatic carbocycles. The third-order valence-corrected chi connectivity index (χ3v) is 4.52. The highest BCUT2D eigenvalue weighted by Gasteiger charge is 2.31. The van der Waals surface area contributed by atoms with Gasteiger partial charge in [-0.3, -0.25) is 4.79 Å². The number of carbonyl (C=O) groups excluding carboxylic acids is 1. The fourth-order valence-electron chi connectivity index (χ4n) is 2.84. The SMILES string of the molecule is O=C(c1c[nH]c2cccc(Br)c12)C1Cc2ccccc2O1. The van der Waals surface area contributed by atoms with Crippen molar-refractivity contribution in [2.45, 2.75) is 12.5 Å². The minimum absolute atomic E-state index is 0.0179. The van der Waals surface area contributed by atoms with E-state index in [1.807, 2.05) is 42.5 Å². The third-order valence-electron chi connectivity index (χ3n) is 3.86. The summed E-state index contributed by atoms with van der Waals surface area (Å²) in [6.07, 6.45) is 1.96. The van der Waals surface area contributed by atoms with Crippen LogP contribution in [0.3, 0.4) is 0 Å². The molecule has 1 aromatic heterocycles. The molecule has 4 heteroatoms. The Bertz CT molecular complexity index is 828. The summed E-state index contributed by atoms with van der Waals surface area (Å²) < 4.78 is 6.72. The van der Waals surface area contributed by atoms with Crippen molar-refractivity contribution in [1.29, 1.82) is 0 Å². The smallest absolute Gasteiger partial charge is 0.205 e. The molecule has 1 unspecified atom stereocenters. The minimum atomic E-state index is -0.437. The molecule has 1 atom stereocenters. The summed E-state index contributed by atoms with van der Waals surface area (Å²) in [6, 6.07) is 13.7. The average molecular weight is 342 g/mol. The standard InChI is InChI=1S/C17H12BrNO2/c18-12-5-3-6-13-16(12)11(9-19-13)17(20)15-8-10-4-1-2-7-14(10)21-15/h1-7,9,15,19H,8H2. The van der Waals surface area contributed by atoms with Gasteiger partial charge in [0, 0.05) is 33.6 Å². The largest absolute Gasteiger partial charge is 0.482 e. The van der Waals surface area contributed by atoms with E-state index in [-0.39, 0.29) is 5.78 Å². The summed E-state index contributed by atoms with van der Waals surface area (Å²) in [5.41, 5.74) is 2.72. The first-order chi connectivity index (χ1) is 10.2. The summed E-state index contributed by atoms with van der Waals surface area (Å²) in [5.74, 6) is 0.833. The second kappa shape index (κ2) is 4.74. The summed E-state index contributed by atoms with van der Waals surface area (Å²) >= 11 is 3.52. The number of carbonyl (C=O) groups is 1. The molecule has 1 N–H and O–H groups in total. The summed E-state index contributed by atoms with van der Waals surface area (Å²) in [4.78, 5) is 15.9. The summed E-state index contributed by atoms with van der Waals surface area (Å²) in [7, 11) is 0. The highest BCUT2D eigenvalue weighted by Crippen LogP contribution is 2.33. The lowest BCUT2D eigenvalue weighted by Gasteiger charge is -2.09. The number of fused-ring (bicyclic) bond motifs is 2. The number of H-pyrrole nitrogens is 1. The van der Waals surface area contributed by atoms with Crippen molar-refractivity contribution in [3.05, 3.63) is 64.3 Å². The van der Waals surface area contributed by atoms with Crippen molar-refractivity contribution < 1.29 is 9.53 Å². The van der Waals surface area contributed by atoms with E-state index in [2.05, 4.69) is 20.9 Å². The van der Waals surface area contributed by atoms with Crippen LogP contribution in [-0.2, 0) is 6.42 Å². The fraction of sp³-hybridized carbons (Fsp3) is 0.118. The number of rotatable bonds is 2. The molecule has 0 fully saturated rings. The van der Waals surface area contributed by atoms with Gasteiger partial charge in [-0.1, -0.05) is 40.2 Å². The highest BCUT2D eigenvalue weighted by atomic mass is 79.9. The van der Waals surface area contributed by atoms with Gasteiger partial charge in [0.2, 0.25) is 5.78 Å². The van der Waals surface area contributed by atoms with Crippen molar-refractivity contribution in [1.82, 2.24) is 4.98 Å². The Labute approximate surface area is 130 Å². The molecule has 0 radical (unpaired) electrons. The van der Waals surface area contributed by atoms with Crippen LogP contribution in [0.5, 0.6) is 5.75 Å². The van der Waals surface area contributed by atoms with E-state index in [0.29, 0.717) is 12.0 Å². The maximum atomic E-state index is 12.8. The van der Waals surface area contributed by atoms with Crippen LogP contribution < -0.4 is 4.74 Å². The third kappa shape index (κ3) is 1.98. The van der Waals surface area contributed by atoms with E-state index in [0.717, 1.165) is 26.7 Å². The Balaban J connectivity index is 1.73. The van der Waals surface area contributed by atoms with Crippen LogP contribution in [0.1, 0.15) is 15.9 Å². The van der Waals surface area contributed by atoms with Crippen LogP contribution in [0.25, 0.3) is 10.9 Å². The zero-order valence-electron chi connectivity index (χ0n) is 11.1. The number of benzene rings is 2. The number of para-hydroxylation sites is 1. The molecule has 21 heavy (non-hydrogen) atoms. The Morgan fingerprint density at radius 2 is 2.05 bits per heavy atom. The molecule has 3 aromatic rings. The average Bonchev–Trinajstić information content (AvgIpc) is 3.11. The lowest BCUT2D eigenvalue weighted by molar-refractivity contribution is 0.0826. The van der Waals surface area contributed by atoms with Gasteiger partial charge in [-0.25, -0.2) is 0 Å². The molecule has 3 nitrogen and oxygen atoms in total. The maximum Gasteiger partial charge on any atom is 0.205 e. The predicted molar refractivity (Wildman–Crippen MR) is 84.9 cm³/mol. The number of halogens is 1. The van der Waals surface area contributed by atoms with Crippen LogP contribution >= 0.6 is 15.9 Å². The summed E-state index contributed by atoms with van der Waals surface area (Å²) in [6.45, 7) is 0. The van der Waals surface area contributed by atoms with Gasteiger partial charge in [-0.2, -0.15) is 0 Å². The van der Waals surface area contributed by atoms with Crippen LogP contribution in [0.4, 0.5) is 0 Å². The van der Waals surface area contributed by atoms with E-state index >= 15 is 0 Å². The van der Waals surface area contributed by atoms with Gasteiger partial charge in [-0.05, 0) is 23.8 Å². The van der Waals surface area contributed by atoms with Crippen LogP contribution in [0.15, 0.2) is 53.1 Å². The van der Waals surface area contributed by atoms with Gasteiger partial charge >= 0.3 is 0 Å². The zero-order chi connectivity index (χ0) is 14.4. The first-order valence-electron chi connectivity index (χ1n) is 6.78. The van der Waals surface area contributed by atoms with Crippen molar-refractivity contribution >= 4 is 32.6 Å². The minimum Gasteiger partial charge on any atom is -0.482 e. The Morgan fingerprint density at radius 1 is 1.19 bits per heavy atom. The molecule has 104 valence electrons. The molecular weight excluding hydrogens is 330 g/mol. The number of hydrogen-bond donors (Lipinski definition) is 1. The van der Waals surface area contributed by atoms with Crippen molar-refractivity contribution in [3.63, 3.8) is 0 Å². The van der Waals surface area contributed by atoms with E-state index in [1.54, 1.807) is 6.20 Å². The van der Waals surface area contributed by atoms with E-state index in [4.69, 9.17) is 4.74 Å². The van der Waals surface area contributed by atoms with Crippen molar-refractivity contribution in [3.8, 4) is 5.75 Å². The molecule has 2 heterocycles. The number of aromatic nitrogens is 1. The van der Waals surface area contributed by atoms with Gasteiger partial charge in [0.25, 0.3) is 0 Å². The predicted octanol–water partition coefficient (Wildman–Crippen LogP) is 4.12. The Hall–Kier alpha value is -2.07. The number of ketones is 1. The van der Waals surface area contributed by atoms with Crippen molar-refractivity contribution in [2.24, 2.45) is 0 Å². The van der Waals surface area contributed by atoms with Gasteiger partial charge in [-0.15, -0.1) is 0 Å². The van der Waals surface area contributed by atoms with E-state index in [1.165, 1.54) is 0 Å². The van der Waals surface area contributed by atoms with Crippen LogP contribution in [0, 0.1) is 0 Å². The van der Waals surface area contributed by atoms with E-state index < -0.39 is 6.10 Å². The van der Waals surface area contributed by atoms with Gasteiger partial charge in [0.05, 0.1) is 0 Å². The van der Waals surface area contributed by atoms with Gasteiger partial charge in [0.1, 0.15) is 5.75 Å². The molecule has 0 amide bonds. The number of aromatic amines is 1. The topological polar surface area (TPSA) is 42.1 Å². The molecule has 1 aliphatic heterocycles. The highest BCUT2D eigenvalue weighted by molar-refractivity contribution is 9.10. The molecule has 1 aliphatic rings. The Morgan fingerprint density at radius 3 is 2.90 bits per heavy atom. The molecule has 0 saturated carbocycles. The Kier molecular flexibility index (Phi) is 2.86. The second-order valence-corrected chi connectivity index (χ2v) is 6.00. The van der Waals surface area contributed by atoms with Crippen LogP contribution in [-0.4, -0.2) is 16.9 Å². The first-order valence-corrected chi connectivity index (χ1v) is 7.58. The maximum absolute atomic E-state index is 12.8.